The minimum absolute atomic E-state index is 0.0879. The summed E-state index contributed by atoms with van der Waals surface area (Å²) in [6.45, 7) is 3.81. The van der Waals surface area contributed by atoms with Gasteiger partial charge in [0.15, 0.2) is 0 Å². The zero-order chi connectivity index (χ0) is 13.1. The van der Waals surface area contributed by atoms with Gasteiger partial charge >= 0.3 is 6.03 Å². The van der Waals surface area contributed by atoms with Gasteiger partial charge in [-0.15, -0.1) is 0 Å². The van der Waals surface area contributed by atoms with Gasteiger partial charge in [0.1, 0.15) is 6.04 Å². The van der Waals surface area contributed by atoms with Crippen molar-refractivity contribution >= 4 is 11.9 Å². The molecule has 2 aliphatic rings. The van der Waals surface area contributed by atoms with Gasteiger partial charge in [-0.1, -0.05) is 0 Å². The number of nitrogens with one attached hydrogen (secondary N) is 1. The molecular weight excluding hydrogens is 234 g/mol. The van der Waals surface area contributed by atoms with Crippen molar-refractivity contribution in [3.05, 3.63) is 0 Å². The summed E-state index contributed by atoms with van der Waals surface area (Å²) in [5.41, 5.74) is 0. The molecule has 0 bridgehead atoms. The topological polar surface area (TPSA) is 61.9 Å². The fourth-order valence-corrected chi connectivity index (χ4v) is 1.93. The van der Waals surface area contributed by atoms with Crippen molar-refractivity contribution in [2.24, 2.45) is 0 Å². The molecule has 1 atom stereocenters. The van der Waals surface area contributed by atoms with Gasteiger partial charge in [0.05, 0.1) is 13.2 Å². The lowest BCUT2D eigenvalue weighted by Crippen LogP contribution is -2.58. The molecule has 3 amide bonds. The number of carbonyl (C=O) groups excluding carboxylic acids is 2. The molecule has 102 valence electrons. The number of morpholine rings is 1. The van der Waals surface area contributed by atoms with E-state index in [0.29, 0.717) is 32.3 Å². The molecule has 1 N–H and O–H groups in total. The van der Waals surface area contributed by atoms with Crippen molar-refractivity contribution in [2.75, 3.05) is 33.4 Å². The summed E-state index contributed by atoms with van der Waals surface area (Å²) in [5, 5.41) is 2.93. The first-order valence-electron chi connectivity index (χ1n) is 6.53. The summed E-state index contributed by atoms with van der Waals surface area (Å²) in [5.74, 6) is -0.0879. The molecule has 1 heterocycles. The fraction of sp³-hybridized carbons (Fsp3) is 0.833. The summed E-state index contributed by atoms with van der Waals surface area (Å²) >= 11 is 0. The molecule has 6 nitrogen and oxygen atoms in total. The van der Waals surface area contributed by atoms with Crippen LogP contribution >= 0.6 is 0 Å². The number of carbonyl (C=O) groups is 2. The van der Waals surface area contributed by atoms with E-state index in [1.54, 1.807) is 16.8 Å². The Labute approximate surface area is 107 Å². The molecule has 0 radical (unpaired) electrons. The Morgan fingerprint density at radius 3 is 2.78 bits per heavy atom. The average molecular weight is 255 g/mol. The van der Waals surface area contributed by atoms with Crippen molar-refractivity contribution in [3.8, 4) is 0 Å². The Morgan fingerprint density at radius 1 is 1.44 bits per heavy atom. The number of ether oxygens (including phenoxy) is 1. The quantitative estimate of drug-likeness (QED) is 0.774. The Bertz CT molecular complexity index is 331. The highest BCUT2D eigenvalue weighted by atomic mass is 16.5. The van der Waals surface area contributed by atoms with Crippen molar-refractivity contribution in [3.63, 3.8) is 0 Å². The summed E-state index contributed by atoms with van der Waals surface area (Å²) < 4.78 is 5.33. The Hall–Kier alpha value is -1.30. The van der Waals surface area contributed by atoms with Crippen LogP contribution in [-0.2, 0) is 9.53 Å². The summed E-state index contributed by atoms with van der Waals surface area (Å²) in [6.07, 6.45) is 2.09. The van der Waals surface area contributed by atoms with Crippen LogP contribution in [0, 0.1) is 0 Å². The molecule has 6 heteroatoms. The second kappa shape index (κ2) is 5.56. The molecule has 0 aromatic rings. The van der Waals surface area contributed by atoms with Gasteiger partial charge in [-0.05, 0) is 19.8 Å². The van der Waals surface area contributed by atoms with Crippen LogP contribution in [0.4, 0.5) is 4.79 Å². The maximum Gasteiger partial charge on any atom is 0.320 e. The molecule has 1 aliphatic heterocycles. The van der Waals surface area contributed by atoms with Crippen molar-refractivity contribution in [1.82, 2.24) is 15.1 Å². The fourth-order valence-electron chi connectivity index (χ4n) is 1.93. The molecule has 0 spiro atoms. The predicted molar refractivity (Wildman–Crippen MR) is 66.2 cm³/mol. The number of hydrogen-bond donors (Lipinski definition) is 1. The second-order valence-corrected chi connectivity index (χ2v) is 4.86. The largest absolute Gasteiger partial charge is 0.377 e. The van der Waals surface area contributed by atoms with Gasteiger partial charge in [-0.3, -0.25) is 4.79 Å². The smallest absolute Gasteiger partial charge is 0.320 e. The minimum Gasteiger partial charge on any atom is -0.377 e. The summed E-state index contributed by atoms with van der Waals surface area (Å²) in [6, 6.07) is -0.280. The molecule has 0 aromatic heterocycles. The van der Waals surface area contributed by atoms with Crippen LogP contribution in [0.25, 0.3) is 0 Å². The van der Waals surface area contributed by atoms with Crippen molar-refractivity contribution < 1.29 is 14.3 Å². The van der Waals surface area contributed by atoms with Crippen molar-refractivity contribution in [1.29, 1.82) is 0 Å². The number of nitrogens with zero attached hydrogens (tertiary/aromatic N) is 2. The van der Waals surface area contributed by atoms with Gasteiger partial charge in [-0.25, -0.2) is 4.79 Å². The molecule has 1 unspecified atom stereocenters. The van der Waals surface area contributed by atoms with Crippen LogP contribution in [0.5, 0.6) is 0 Å². The molecule has 18 heavy (non-hydrogen) atoms. The van der Waals surface area contributed by atoms with Gasteiger partial charge < -0.3 is 19.9 Å². The lowest BCUT2D eigenvalue weighted by Gasteiger charge is -2.36. The van der Waals surface area contributed by atoms with Crippen LogP contribution in [0.1, 0.15) is 19.8 Å². The Morgan fingerprint density at radius 2 is 2.17 bits per heavy atom. The normalized spacial score (nSPS) is 23.7. The standard InChI is InChI=1S/C12H21N3O3/c1-3-14(2)12(17)15-6-7-18-8-10(15)11(16)13-9-4-5-9/h9-10H,3-8H2,1-2H3,(H,13,16). The number of rotatable bonds is 3. The van der Waals surface area contributed by atoms with Gasteiger partial charge in [0.2, 0.25) is 5.91 Å². The van der Waals surface area contributed by atoms with Crippen LogP contribution in [0.2, 0.25) is 0 Å². The van der Waals surface area contributed by atoms with Gasteiger partial charge in [0, 0.05) is 26.2 Å². The zero-order valence-electron chi connectivity index (χ0n) is 11.0. The van der Waals surface area contributed by atoms with Gasteiger partial charge in [-0.2, -0.15) is 0 Å². The van der Waals surface area contributed by atoms with E-state index in [1.165, 1.54) is 0 Å². The third kappa shape index (κ3) is 2.93. The molecule has 2 rings (SSSR count). The summed E-state index contributed by atoms with van der Waals surface area (Å²) in [7, 11) is 1.74. The van der Waals surface area contributed by atoms with Gasteiger partial charge in [0.25, 0.3) is 0 Å². The van der Waals surface area contributed by atoms with Crippen molar-refractivity contribution in [2.45, 2.75) is 31.8 Å². The maximum atomic E-state index is 12.2. The van der Waals surface area contributed by atoms with E-state index in [4.69, 9.17) is 4.74 Å². The molecule has 1 saturated heterocycles. The lowest BCUT2D eigenvalue weighted by atomic mass is 10.2. The first-order valence-corrected chi connectivity index (χ1v) is 6.53. The molecule has 0 aromatic carbocycles. The first kappa shape index (κ1) is 13.1. The van der Waals surface area contributed by atoms with Crippen LogP contribution in [-0.4, -0.2) is 67.2 Å². The lowest BCUT2D eigenvalue weighted by molar-refractivity contribution is -0.130. The van der Waals surface area contributed by atoms with Crippen LogP contribution in [0.15, 0.2) is 0 Å². The third-order valence-corrected chi connectivity index (χ3v) is 3.40. The monoisotopic (exact) mass is 255 g/mol. The molecule has 1 aliphatic carbocycles. The molecule has 2 fully saturated rings. The van der Waals surface area contributed by atoms with E-state index in [2.05, 4.69) is 5.32 Å². The minimum atomic E-state index is -0.485. The van der Waals surface area contributed by atoms with E-state index in [0.717, 1.165) is 12.8 Å². The highest BCUT2D eigenvalue weighted by molar-refractivity contribution is 5.87. The zero-order valence-corrected chi connectivity index (χ0v) is 11.0. The summed E-state index contributed by atoms with van der Waals surface area (Å²) in [4.78, 5) is 27.5. The van der Waals surface area contributed by atoms with E-state index < -0.39 is 6.04 Å². The van der Waals surface area contributed by atoms with E-state index in [1.807, 2.05) is 6.92 Å². The highest BCUT2D eigenvalue weighted by Crippen LogP contribution is 2.20. The van der Waals surface area contributed by atoms with E-state index >= 15 is 0 Å². The SMILES string of the molecule is CCN(C)C(=O)N1CCOCC1C(=O)NC1CC1. The Kier molecular flexibility index (Phi) is 4.06. The third-order valence-electron chi connectivity index (χ3n) is 3.40. The highest BCUT2D eigenvalue weighted by Gasteiger charge is 2.36. The van der Waals surface area contributed by atoms with E-state index in [9.17, 15) is 9.59 Å². The number of amides is 3. The van der Waals surface area contributed by atoms with Crippen LogP contribution in [0.3, 0.4) is 0 Å². The first-order chi connectivity index (χ1) is 8.63. The van der Waals surface area contributed by atoms with E-state index in [-0.39, 0.29) is 11.9 Å². The number of hydrogen-bond acceptors (Lipinski definition) is 3. The average Bonchev–Trinajstić information content (AvgIpc) is 3.20. The maximum absolute atomic E-state index is 12.2. The molecule has 1 saturated carbocycles. The molecular formula is C12H21N3O3. The van der Waals surface area contributed by atoms with Crippen LogP contribution < -0.4 is 5.32 Å². The second-order valence-electron chi connectivity index (χ2n) is 4.86. The predicted octanol–water partition coefficient (Wildman–Crippen LogP) is 0.0375. The Balaban J connectivity index is 1.99. The number of urea groups is 1.